The highest BCUT2D eigenvalue weighted by molar-refractivity contribution is 5.47. The Hall–Kier alpha value is -1.13. The van der Waals surface area contributed by atoms with E-state index in [0.29, 0.717) is 6.04 Å². The molecule has 0 radical (unpaired) electrons. The van der Waals surface area contributed by atoms with Gasteiger partial charge in [-0.2, -0.15) is 0 Å². The maximum Gasteiger partial charge on any atom is 0.131 e. The van der Waals surface area contributed by atoms with Crippen molar-refractivity contribution in [3.63, 3.8) is 0 Å². The summed E-state index contributed by atoms with van der Waals surface area (Å²) < 4.78 is 5.45. The standard InChI is InChI=1S/C15H25N3O/c1-4-6-16-9-13-8-12(2)15(17-10-13)18(3)14-5-7-19-11-14/h8,10,14,16H,4-7,9,11H2,1-3H3. The number of ether oxygens (including phenoxy) is 1. The van der Waals surface area contributed by atoms with Crippen molar-refractivity contribution in [2.24, 2.45) is 0 Å². The van der Waals surface area contributed by atoms with Crippen LogP contribution >= 0.6 is 0 Å². The summed E-state index contributed by atoms with van der Waals surface area (Å²) in [7, 11) is 2.11. The molecule has 1 fully saturated rings. The number of aromatic nitrogens is 1. The zero-order valence-corrected chi connectivity index (χ0v) is 12.3. The minimum atomic E-state index is 0.468. The van der Waals surface area contributed by atoms with E-state index in [1.165, 1.54) is 11.1 Å². The van der Waals surface area contributed by atoms with Gasteiger partial charge in [0.2, 0.25) is 0 Å². The maximum atomic E-state index is 5.45. The lowest BCUT2D eigenvalue weighted by molar-refractivity contribution is 0.193. The van der Waals surface area contributed by atoms with E-state index in [9.17, 15) is 0 Å². The Morgan fingerprint density at radius 3 is 3.00 bits per heavy atom. The molecule has 0 bridgehead atoms. The van der Waals surface area contributed by atoms with E-state index in [4.69, 9.17) is 4.74 Å². The van der Waals surface area contributed by atoms with Crippen LogP contribution in [0.5, 0.6) is 0 Å². The molecule has 1 aromatic heterocycles. The van der Waals surface area contributed by atoms with Gasteiger partial charge in [0.25, 0.3) is 0 Å². The first-order valence-corrected chi connectivity index (χ1v) is 7.19. The number of rotatable bonds is 6. The van der Waals surface area contributed by atoms with Crippen molar-refractivity contribution in [1.82, 2.24) is 10.3 Å². The minimum absolute atomic E-state index is 0.468. The SMILES string of the molecule is CCCNCc1cnc(N(C)C2CCOC2)c(C)c1. The summed E-state index contributed by atoms with van der Waals surface area (Å²) in [5.41, 5.74) is 2.50. The van der Waals surface area contributed by atoms with Gasteiger partial charge in [-0.25, -0.2) is 4.98 Å². The summed E-state index contributed by atoms with van der Waals surface area (Å²) >= 11 is 0. The lowest BCUT2D eigenvalue weighted by Crippen LogP contribution is -2.33. The lowest BCUT2D eigenvalue weighted by Gasteiger charge is -2.26. The zero-order chi connectivity index (χ0) is 13.7. The summed E-state index contributed by atoms with van der Waals surface area (Å²) in [4.78, 5) is 6.89. The number of hydrogen-bond acceptors (Lipinski definition) is 4. The fourth-order valence-electron chi connectivity index (χ4n) is 2.50. The minimum Gasteiger partial charge on any atom is -0.379 e. The first-order valence-electron chi connectivity index (χ1n) is 7.19. The smallest absolute Gasteiger partial charge is 0.131 e. The molecule has 0 saturated carbocycles. The van der Waals surface area contributed by atoms with E-state index in [-0.39, 0.29) is 0 Å². The van der Waals surface area contributed by atoms with Crippen molar-refractivity contribution in [2.45, 2.75) is 39.3 Å². The second kappa shape index (κ2) is 6.87. The summed E-state index contributed by atoms with van der Waals surface area (Å²) in [6.45, 7) is 7.96. The Labute approximate surface area is 116 Å². The van der Waals surface area contributed by atoms with Crippen LogP contribution in [0.2, 0.25) is 0 Å². The van der Waals surface area contributed by atoms with Crippen molar-refractivity contribution in [3.05, 3.63) is 23.4 Å². The Kier molecular flexibility index (Phi) is 5.16. The van der Waals surface area contributed by atoms with Gasteiger partial charge in [-0.1, -0.05) is 6.92 Å². The Balaban J connectivity index is 2.01. The van der Waals surface area contributed by atoms with Crippen LogP contribution in [0.1, 0.15) is 30.9 Å². The third kappa shape index (κ3) is 3.67. The quantitative estimate of drug-likeness (QED) is 0.798. The maximum absolute atomic E-state index is 5.45. The third-order valence-corrected chi connectivity index (χ3v) is 3.65. The zero-order valence-electron chi connectivity index (χ0n) is 12.3. The molecule has 106 valence electrons. The highest BCUT2D eigenvalue weighted by Gasteiger charge is 2.22. The van der Waals surface area contributed by atoms with Crippen LogP contribution in [0.3, 0.4) is 0 Å². The monoisotopic (exact) mass is 263 g/mol. The van der Waals surface area contributed by atoms with Crippen molar-refractivity contribution in [1.29, 1.82) is 0 Å². The molecule has 0 amide bonds. The van der Waals surface area contributed by atoms with E-state index in [2.05, 4.69) is 42.2 Å². The normalized spacial score (nSPS) is 18.8. The third-order valence-electron chi connectivity index (χ3n) is 3.65. The van der Waals surface area contributed by atoms with E-state index < -0.39 is 0 Å². The molecule has 0 aromatic carbocycles. The molecule has 1 saturated heterocycles. The molecule has 1 aliphatic rings. The topological polar surface area (TPSA) is 37.4 Å². The Morgan fingerprint density at radius 1 is 1.53 bits per heavy atom. The molecule has 19 heavy (non-hydrogen) atoms. The van der Waals surface area contributed by atoms with Crippen molar-refractivity contribution >= 4 is 5.82 Å². The molecular formula is C15H25N3O. The van der Waals surface area contributed by atoms with Gasteiger partial charge in [0.1, 0.15) is 5.82 Å². The Morgan fingerprint density at radius 2 is 2.37 bits per heavy atom. The van der Waals surface area contributed by atoms with Gasteiger partial charge in [0.15, 0.2) is 0 Å². The van der Waals surface area contributed by atoms with Crippen LogP contribution in [0.25, 0.3) is 0 Å². The van der Waals surface area contributed by atoms with E-state index in [1.807, 2.05) is 6.20 Å². The highest BCUT2D eigenvalue weighted by Crippen LogP contribution is 2.22. The fraction of sp³-hybridized carbons (Fsp3) is 0.667. The predicted octanol–water partition coefficient (Wildman–Crippen LogP) is 2.11. The first kappa shape index (κ1) is 14.3. The van der Waals surface area contributed by atoms with Crippen molar-refractivity contribution in [3.8, 4) is 0 Å². The average molecular weight is 263 g/mol. The number of hydrogen-bond donors (Lipinski definition) is 1. The van der Waals surface area contributed by atoms with E-state index in [1.54, 1.807) is 0 Å². The summed E-state index contributed by atoms with van der Waals surface area (Å²) in [6, 6.07) is 2.70. The second-order valence-corrected chi connectivity index (χ2v) is 5.29. The molecule has 0 aliphatic carbocycles. The second-order valence-electron chi connectivity index (χ2n) is 5.29. The van der Waals surface area contributed by atoms with Crippen LogP contribution in [-0.2, 0) is 11.3 Å². The van der Waals surface area contributed by atoms with Gasteiger partial charge in [-0.05, 0) is 43.5 Å². The molecule has 0 spiro atoms. The van der Waals surface area contributed by atoms with Crippen molar-refractivity contribution < 1.29 is 4.74 Å². The van der Waals surface area contributed by atoms with Crippen molar-refractivity contribution in [2.75, 3.05) is 31.7 Å². The number of nitrogens with zero attached hydrogens (tertiary/aromatic N) is 2. The Bertz CT molecular complexity index is 402. The molecule has 1 N–H and O–H groups in total. The average Bonchev–Trinajstić information content (AvgIpc) is 2.92. The van der Waals surface area contributed by atoms with E-state index in [0.717, 1.165) is 45.0 Å². The number of nitrogens with one attached hydrogen (secondary N) is 1. The number of anilines is 1. The van der Waals surface area contributed by atoms with Crippen LogP contribution in [0.4, 0.5) is 5.82 Å². The predicted molar refractivity (Wildman–Crippen MR) is 78.6 cm³/mol. The number of aryl methyl sites for hydroxylation is 1. The molecule has 1 aliphatic heterocycles. The van der Waals surface area contributed by atoms with Gasteiger partial charge in [0, 0.05) is 26.4 Å². The first-order chi connectivity index (χ1) is 9.22. The summed E-state index contributed by atoms with van der Waals surface area (Å²) in [6.07, 6.45) is 4.24. The van der Waals surface area contributed by atoms with Crippen LogP contribution in [-0.4, -0.2) is 37.8 Å². The molecule has 2 rings (SSSR count). The largest absolute Gasteiger partial charge is 0.379 e. The highest BCUT2D eigenvalue weighted by atomic mass is 16.5. The molecule has 4 nitrogen and oxygen atoms in total. The molecule has 4 heteroatoms. The number of pyridine rings is 1. The summed E-state index contributed by atoms with van der Waals surface area (Å²) in [5.74, 6) is 1.08. The lowest BCUT2D eigenvalue weighted by atomic mass is 10.1. The molecule has 2 heterocycles. The van der Waals surface area contributed by atoms with E-state index >= 15 is 0 Å². The molecule has 1 atom stereocenters. The summed E-state index contributed by atoms with van der Waals surface area (Å²) in [5, 5.41) is 3.41. The fourth-order valence-corrected chi connectivity index (χ4v) is 2.50. The van der Waals surface area contributed by atoms with Crippen LogP contribution < -0.4 is 10.2 Å². The van der Waals surface area contributed by atoms with Gasteiger partial charge in [-0.15, -0.1) is 0 Å². The van der Waals surface area contributed by atoms with Crippen LogP contribution in [0.15, 0.2) is 12.3 Å². The van der Waals surface area contributed by atoms with Gasteiger partial charge in [0.05, 0.1) is 12.6 Å². The van der Waals surface area contributed by atoms with Crippen LogP contribution in [0, 0.1) is 6.92 Å². The van der Waals surface area contributed by atoms with Gasteiger partial charge >= 0.3 is 0 Å². The molecular weight excluding hydrogens is 238 g/mol. The number of likely N-dealkylation sites (N-methyl/N-ethyl adjacent to an activating group) is 1. The molecule has 1 unspecified atom stereocenters. The van der Waals surface area contributed by atoms with Gasteiger partial charge < -0.3 is 15.0 Å². The van der Waals surface area contributed by atoms with Gasteiger partial charge in [-0.3, -0.25) is 0 Å². The molecule has 1 aromatic rings.